The quantitative estimate of drug-likeness (QED) is 0.429. The molecule has 0 aromatic heterocycles. The van der Waals surface area contributed by atoms with Gasteiger partial charge in [-0.25, -0.2) is 0 Å². The second kappa shape index (κ2) is 8.66. The summed E-state index contributed by atoms with van der Waals surface area (Å²) in [7, 11) is 0. The van der Waals surface area contributed by atoms with E-state index in [-0.39, 0.29) is 10.6 Å². The van der Waals surface area contributed by atoms with Crippen molar-refractivity contribution >= 4 is 5.69 Å². The first kappa shape index (κ1) is 16.6. The number of rotatable bonds is 9. The molecular formula is C15H24N2O3. The van der Waals surface area contributed by atoms with Gasteiger partial charge in [0.1, 0.15) is 0 Å². The fourth-order valence-electron chi connectivity index (χ4n) is 1.81. The topological polar surface area (TPSA) is 64.4 Å². The van der Waals surface area contributed by atoms with Crippen molar-refractivity contribution in [1.29, 1.82) is 0 Å². The minimum Gasteiger partial charge on any atom is -0.381 e. The van der Waals surface area contributed by atoms with Crippen molar-refractivity contribution in [2.24, 2.45) is 5.92 Å². The van der Waals surface area contributed by atoms with Crippen molar-refractivity contribution in [2.45, 2.75) is 33.7 Å². The van der Waals surface area contributed by atoms with E-state index in [0.29, 0.717) is 18.0 Å². The summed E-state index contributed by atoms with van der Waals surface area (Å²) in [6.45, 7) is 9.04. The number of hydrogen-bond donors (Lipinski definition) is 1. The van der Waals surface area contributed by atoms with Crippen LogP contribution in [0.25, 0.3) is 0 Å². The number of hydrogen-bond acceptors (Lipinski definition) is 4. The molecule has 0 aliphatic rings. The second-order valence-corrected chi connectivity index (χ2v) is 5.38. The van der Waals surface area contributed by atoms with Gasteiger partial charge in [0, 0.05) is 31.4 Å². The number of aryl methyl sites for hydroxylation is 1. The molecule has 0 heterocycles. The van der Waals surface area contributed by atoms with Crippen LogP contribution in [0.5, 0.6) is 0 Å². The molecule has 1 aromatic rings. The zero-order valence-electron chi connectivity index (χ0n) is 12.5. The lowest BCUT2D eigenvalue weighted by Crippen LogP contribution is -2.17. The van der Waals surface area contributed by atoms with Crippen LogP contribution >= 0.6 is 0 Å². The van der Waals surface area contributed by atoms with Crippen molar-refractivity contribution in [3.8, 4) is 0 Å². The van der Waals surface area contributed by atoms with E-state index < -0.39 is 0 Å². The van der Waals surface area contributed by atoms with Crippen molar-refractivity contribution in [1.82, 2.24) is 5.32 Å². The van der Waals surface area contributed by atoms with Crippen molar-refractivity contribution in [3.63, 3.8) is 0 Å². The molecule has 0 fully saturated rings. The third kappa shape index (κ3) is 6.12. The third-order valence-electron chi connectivity index (χ3n) is 2.89. The first-order valence-electron chi connectivity index (χ1n) is 7.03. The lowest BCUT2D eigenvalue weighted by molar-refractivity contribution is -0.385. The van der Waals surface area contributed by atoms with Crippen LogP contribution in [0.4, 0.5) is 5.69 Å². The maximum Gasteiger partial charge on any atom is 0.272 e. The monoisotopic (exact) mass is 280 g/mol. The fraction of sp³-hybridized carbons (Fsp3) is 0.600. The molecule has 0 amide bonds. The molecule has 0 unspecified atom stereocenters. The fourth-order valence-corrected chi connectivity index (χ4v) is 1.81. The standard InChI is InChI=1S/C15H24N2O3/c1-12(2)11-20-8-4-7-16-10-14-6-5-13(3)15(9-14)17(18)19/h5-6,9,12,16H,4,7-8,10-11H2,1-3H3. The summed E-state index contributed by atoms with van der Waals surface area (Å²) in [5.41, 5.74) is 1.82. The minimum atomic E-state index is -0.335. The zero-order valence-corrected chi connectivity index (χ0v) is 12.5. The Kier molecular flexibility index (Phi) is 7.18. The SMILES string of the molecule is Cc1ccc(CNCCCOCC(C)C)cc1[N+](=O)[O-]. The predicted molar refractivity (Wildman–Crippen MR) is 79.8 cm³/mol. The Labute approximate surface area is 120 Å². The first-order valence-corrected chi connectivity index (χ1v) is 7.03. The summed E-state index contributed by atoms with van der Waals surface area (Å²) in [4.78, 5) is 10.5. The molecule has 0 bridgehead atoms. The molecule has 0 saturated heterocycles. The van der Waals surface area contributed by atoms with E-state index in [9.17, 15) is 10.1 Å². The Morgan fingerprint density at radius 2 is 2.15 bits per heavy atom. The Balaban J connectivity index is 2.25. The number of nitro benzene ring substituents is 1. The highest BCUT2D eigenvalue weighted by Gasteiger charge is 2.10. The Morgan fingerprint density at radius 3 is 2.80 bits per heavy atom. The Hall–Kier alpha value is -1.46. The summed E-state index contributed by atoms with van der Waals surface area (Å²) in [5.74, 6) is 0.566. The van der Waals surface area contributed by atoms with E-state index in [1.807, 2.05) is 6.07 Å². The largest absolute Gasteiger partial charge is 0.381 e. The Bertz CT molecular complexity index is 433. The number of nitrogens with zero attached hydrogens (tertiary/aromatic N) is 1. The maximum absolute atomic E-state index is 10.8. The maximum atomic E-state index is 10.8. The van der Waals surface area contributed by atoms with Gasteiger partial charge in [0.15, 0.2) is 0 Å². The zero-order chi connectivity index (χ0) is 15.0. The minimum absolute atomic E-state index is 0.185. The summed E-state index contributed by atoms with van der Waals surface area (Å²) in [6, 6.07) is 5.35. The third-order valence-corrected chi connectivity index (χ3v) is 2.89. The van der Waals surface area contributed by atoms with Gasteiger partial charge in [-0.1, -0.05) is 26.0 Å². The van der Waals surface area contributed by atoms with Gasteiger partial charge in [-0.15, -0.1) is 0 Å². The Morgan fingerprint density at radius 1 is 1.40 bits per heavy atom. The average Bonchev–Trinajstić information content (AvgIpc) is 2.38. The van der Waals surface area contributed by atoms with Crippen molar-refractivity contribution in [2.75, 3.05) is 19.8 Å². The summed E-state index contributed by atoms with van der Waals surface area (Å²) in [6.07, 6.45) is 0.945. The average molecular weight is 280 g/mol. The number of nitro groups is 1. The molecule has 5 heteroatoms. The summed E-state index contributed by atoms with van der Waals surface area (Å²) < 4.78 is 5.48. The van der Waals surface area contributed by atoms with Crippen LogP contribution in [-0.4, -0.2) is 24.7 Å². The van der Waals surface area contributed by atoms with Gasteiger partial charge >= 0.3 is 0 Å². The first-order chi connectivity index (χ1) is 9.50. The molecule has 1 rings (SSSR count). The van der Waals surface area contributed by atoms with Crippen LogP contribution < -0.4 is 5.32 Å². The van der Waals surface area contributed by atoms with Gasteiger partial charge in [-0.05, 0) is 31.4 Å². The molecular weight excluding hydrogens is 256 g/mol. The molecule has 0 saturated carbocycles. The molecule has 0 atom stereocenters. The van der Waals surface area contributed by atoms with E-state index in [1.165, 1.54) is 0 Å². The number of ether oxygens (including phenoxy) is 1. The molecule has 112 valence electrons. The highest BCUT2D eigenvalue weighted by molar-refractivity contribution is 5.42. The van der Waals surface area contributed by atoms with Gasteiger partial charge in [0.25, 0.3) is 5.69 Å². The molecule has 1 aromatic carbocycles. The van der Waals surface area contributed by atoms with Gasteiger partial charge in [-0.2, -0.15) is 0 Å². The van der Waals surface area contributed by atoms with E-state index in [0.717, 1.165) is 31.7 Å². The molecule has 1 N–H and O–H groups in total. The summed E-state index contributed by atoms with van der Waals surface area (Å²) >= 11 is 0. The summed E-state index contributed by atoms with van der Waals surface area (Å²) in [5, 5.41) is 14.1. The highest BCUT2D eigenvalue weighted by atomic mass is 16.6. The van der Waals surface area contributed by atoms with E-state index >= 15 is 0 Å². The lowest BCUT2D eigenvalue weighted by Gasteiger charge is -2.08. The normalized spacial score (nSPS) is 11.0. The van der Waals surface area contributed by atoms with Gasteiger partial charge in [-0.3, -0.25) is 10.1 Å². The van der Waals surface area contributed by atoms with Gasteiger partial charge in [0.05, 0.1) is 4.92 Å². The lowest BCUT2D eigenvalue weighted by atomic mass is 10.1. The smallest absolute Gasteiger partial charge is 0.272 e. The van der Waals surface area contributed by atoms with Crippen LogP contribution in [0.2, 0.25) is 0 Å². The predicted octanol–water partition coefficient (Wildman–Crippen LogP) is 3.06. The van der Waals surface area contributed by atoms with Gasteiger partial charge < -0.3 is 10.1 Å². The second-order valence-electron chi connectivity index (χ2n) is 5.38. The van der Waals surface area contributed by atoms with Crippen LogP contribution in [-0.2, 0) is 11.3 Å². The van der Waals surface area contributed by atoms with Crippen LogP contribution in [0.15, 0.2) is 18.2 Å². The highest BCUT2D eigenvalue weighted by Crippen LogP contribution is 2.18. The van der Waals surface area contributed by atoms with Crippen molar-refractivity contribution < 1.29 is 9.66 Å². The van der Waals surface area contributed by atoms with Crippen molar-refractivity contribution in [3.05, 3.63) is 39.4 Å². The van der Waals surface area contributed by atoms with E-state index in [4.69, 9.17) is 4.74 Å². The molecule has 0 spiro atoms. The molecule has 0 radical (unpaired) electrons. The van der Waals surface area contributed by atoms with Crippen LogP contribution in [0.1, 0.15) is 31.4 Å². The van der Waals surface area contributed by atoms with E-state index in [1.54, 1.807) is 19.1 Å². The molecule has 0 aliphatic carbocycles. The molecule has 20 heavy (non-hydrogen) atoms. The van der Waals surface area contributed by atoms with E-state index in [2.05, 4.69) is 19.2 Å². The molecule has 0 aliphatic heterocycles. The number of benzene rings is 1. The van der Waals surface area contributed by atoms with Gasteiger partial charge in [0.2, 0.25) is 0 Å². The van der Waals surface area contributed by atoms with Crippen LogP contribution in [0, 0.1) is 23.0 Å². The number of nitrogens with one attached hydrogen (secondary N) is 1. The van der Waals surface area contributed by atoms with Crippen LogP contribution in [0.3, 0.4) is 0 Å². The molecule has 5 nitrogen and oxygen atoms in total.